The molecule has 0 aliphatic carbocycles. The summed E-state index contributed by atoms with van der Waals surface area (Å²) in [6.07, 6.45) is 0.672. The first-order valence-corrected chi connectivity index (χ1v) is 7.95. The summed E-state index contributed by atoms with van der Waals surface area (Å²) in [5.41, 5.74) is 8.61. The predicted octanol–water partition coefficient (Wildman–Crippen LogP) is 3.71. The highest BCUT2D eigenvalue weighted by Gasteiger charge is 2.14. The summed E-state index contributed by atoms with van der Waals surface area (Å²) in [6.45, 7) is 0. The molecule has 5 nitrogen and oxygen atoms in total. The fourth-order valence-electron chi connectivity index (χ4n) is 2.65. The van der Waals surface area contributed by atoms with E-state index in [1.807, 2.05) is 72.8 Å². The maximum absolute atomic E-state index is 7.92. The number of hydrogen-bond acceptors (Lipinski definition) is 3. The molecule has 0 fully saturated rings. The minimum atomic E-state index is -0.0720. The standard InChI is InChI=1S/C20H20N4O/c1-25-18-11-5-7-15(14-18)13-16-8-6-12-19(23-16)24(20(21)22)17-9-3-2-4-10-17/h2-12,14H,13H2,1H3,(H3,21,22). The van der Waals surface area contributed by atoms with E-state index in [-0.39, 0.29) is 5.96 Å². The number of anilines is 2. The average molecular weight is 332 g/mol. The normalized spacial score (nSPS) is 10.3. The van der Waals surface area contributed by atoms with Crippen molar-refractivity contribution in [2.45, 2.75) is 6.42 Å². The number of hydrogen-bond donors (Lipinski definition) is 2. The largest absolute Gasteiger partial charge is 0.497 e. The molecule has 25 heavy (non-hydrogen) atoms. The van der Waals surface area contributed by atoms with Crippen LogP contribution in [-0.2, 0) is 6.42 Å². The van der Waals surface area contributed by atoms with Gasteiger partial charge >= 0.3 is 0 Å². The van der Waals surface area contributed by atoms with Crippen molar-refractivity contribution in [3.8, 4) is 5.75 Å². The Bertz CT molecular complexity index is 864. The summed E-state index contributed by atoms with van der Waals surface area (Å²) >= 11 is 0. The Labute approximate surface area is 147 Å². The number of aromatic nitrogens is 1. The van der Waals surface area contributed by atoms with Crippen molar-refractivity contribution in [1.29, 1.82) is 5.41 Å². The average Bonchev–Trinajstić information content (AvgIpc) is 2.63. The zero-order valence-electron chi connectivity index (χ0n) is 14.0. The lowest BCUT2D eigenvalue weighted by Gasteiger charge is -2.22. The number of pyridine rings is 1. The van der Waals surface area contributed by atoms with Gasteiger partial charge in [-0.15, -0.1) is 0 Å². The van der Waals surface area contributed by atoms with Crippen LogP contribution in [0.25, 0.3) is 0 Å². The van der Waals surface area contributed by atoms with Crippen LogP contribution in [0.2, 0.25) is 0 Å². The van der Waals surface area contributed by atoms with E-state index in [1.165, 1.54) is 0 Å². The molecule has 126 valence electrons. The van der Waals surface area contributed by atoms with E-state index in [0.29, 0.717) is 12.2 Å². The first-order valence-electron chi connectivity index (χ1n) is 7.95. The van der Waals surface area contributed by atoms with Gasteiger partial charge in [0.15, 0.2) is 5.96 Å². The molecule has 0 saturated heterocycles. The van der Waals surface area contributed by atoms with Crippen LogP contribution in [-0.4, -0.2) is 18.1 Å². The maximum Gasteiger partial charge on any atom is 0.198 e. The van der Waals surface area contributed by atoms with Crippen LogP contribution in [0.4, 0.5) is 11.5 Å². The molecule has 0 aliphatic rings. The second-order valence-corrected chi connectivity index (χ2v) is 5.57. The smallest absolute Gasteiger partial charge is 0.198 e. The molecule has 3 rings (SSSR count). The zero-order valence-corrected chi connectivity index (χ0v) is 14.0. The molecule has 0 aliphatic heterocycles. The molecule has 1 aromatic heterocycles. The SMILES string of the molecule is COc1cccc(Cc2cccc(N(C(=N)N)c3ccccc3)n2)c1. The Hall–Kier alpha value is -3.34. The Balaban J connectivity index is 1.91. The topological polar surface area (TPSA) is 75.2 Å². The Morgan fingerprint density at radius 2 is 1.80 bits per heavy atom. The van der Waals surface area contributed by atoms with Gasteiger partial charge in [0.05, 0.1) is 12.8 Å². The van der Waals surface area contributed by atoms with E-state index in [2.05, 4.69) is 4.98 Å². The molecule has 5 heteroatoms. The van der Waals surface area contributed by atoms with Crippen molar-refractivity contribution < 1.29 is 4.74 Å². The Kier molecular flexibility index (Phi) is 4.95. The second kappa shape index (κ2) is 7.49. The number of nitrogens with zero attached hydrogens (tertiary/aromatic N) is 2. The van der Waals surface area contributed by atoms with Gasteiger partial charge in [-0.05, 0) is 42.0 Å². The van der Waals surface area contributed by atoms with Gasteiger partial charge in [-0.25, -0.2) is 4.98 Å². The summed E-state index contributed by atoms with van der Waals surface area (Å²) in [6, 6.07) is 23.2. The third kappa shape index (κ3) is 3.95. The van der Waals surface area contributed by atoms with Crippen molar-refractivity contribution in [3.05, 3.63) is 84.1 Å². The monoisotopic (exact) mass is 332 g/mol. The van der Waals surface area contributed by atoms with Crippen LogP contribution >= 0.6 is 0 Å². The van der Waals surface area contributed by atoms with Crippen LogP contribution in [0.3, 0.4) is 0 Å². The highest BCUT2D eigenvalue weighted by Crippen LogP contribution is 2.24. The first-order chi connectivity index (χ1) is 12.2. The molecule has 0 bridgehead atoms. The minimum Gasteiger partial charge on any atom is -0.497 e. The second-order valence-electron chi connectivity index (χ2n) is 5.57. The molecule has 0 unspecified atom stereocenters. The number of ether oxygens (including phenoxy) is 1. The van der Waals surface area contributed by atoms with Gasteiger partial charge in [0.2, 0.25) is 0 Å². The van der Waals surface area contributed by atoms with Crippen LogP contribution in [0.1, 0.15) is 11.3 Å². The lowest BCUT2D eigenvalue weighted by molar-refractivity contribution is 0.414. The molecular weight excluding hydrogens is 312 g/mol. The molecule has 1 heterocycles. The summed E-state index contributed by atoms with van der Waals surface area (Å²) in [7, 11) is 1.66. The van der Waals surface area contributed by atoms with E-state index < -0.39 is 0 Å². The van der Waals surface area contributed by atoms with Crippen molar-refractivity contribution in [2.75, 3.05) is 12.0 Å². The summed E-state index contributed by atoms with van der Waals surface area (Å²) in [5.74, 6) is 1.37. The number of benzene rings is 2. The molecule has 0 radical (unpaired) electrons. The number of para-hydroxylation sites is 1. The molecule has 3 aromatic rings. The fraction of sp³-hybridized carbons (Fsp3) is 0.100. The lowest BCUT2D eigenvalue weighted by Crippen LogP contribution is -2.33. The number of nitrogens with two attached hydrogens (primary N) is 1. The van der Waals surface area contributed by atoms with Crippen LogP contribution in [0.5, 0.6) is 5.75 Å². The van der Waals surface area contributed by atoms with E-state index >= 15 is 0 Å². The van der Waals surface area contributed by atoms with Gasteiger partial charge in [-0.3, -0.25) is 10.3 Å². The van der Waals surface area contributed by atoms with E-state index in [1.54, 1.807) is 12.0 Å². The lowest BCUT2D eigenvalue weighted by atomic mass is 10.1. The van der Waals surface area contributed by atoms with Gasteiger partial charge in [-0.2, -0.15) is 0 Å². The van der Waals surface area contributed by atoms with Crippen LogP contribution in [0.15, 0.2) is 72.8 Å². The molecule has 0 amide bonds. The Morgan fingerprint density at radius 3 is 2.52 bits per heavy atom. The van der Waals surface area contributed by atoms with Gasteiger partial charge < -0.3 is 10.5 Å². The third-order valence-electron chi connectivity index (χ3n) is 3.80. The summed E-state index contributed by atoms with van der Waals surface area (Å²) in [4.78, 5) is 6.31. The van der Waals surface area contributed by atoms with Crippen molar-refractivity contribution in [3.63, 3.8) is 0 Å². The number of nitrogens with one attached hydrogen (secondary N) is 1. The molecule has 0 saturated carbocycles. The van der Waals surface area contributed by atoms with Gasteiger partial charge in [0.1, 0.15) is 11.6 Å². The quantitative estimate of drug-likeness (QED) is 0.552. The highest BCUT2D eigenvalue weighted by atomic mass is 16.5. The molecular formula is C20H20N4O. The molecule has 0 spiro atoms. The highest BCUT2D eigenvalue weighted by molar-refractivity contribution is 5.98. The van der Waals surface area contributed by atoms with E-state index in [4.69, 9.17) is 15.9 Å². The minimum absolute atomic E-state index is 0.0720. The van der Waals surface area contributed by atoms with E-state index in [9.17, 15) is 0 Å². The first kappa shape index (κ1) is 16.5. The Morgan fingerprint density at radius 1 is 1.04 bits per heavy atom. The maximum atomic E-state index is 7.92. The summed E-state index contributed by atoms with van der Waals surface area (Å²) < 4.78 is 5.27. The van der Waals surface area contributed by atoms with Gasteiger partial charge in [-0.1, -0.05) is 36.4 Å². The van der Waals surface area contributed by atoms with E-state index in [0.717, 1.165) is 22.7 Å². The van der Waals surface area contributed by atoms with Crippen molar-refractivity contribution in [2.24, 2.45) is 5.73 Å². The van der Waals surface area contributed by atoms with Gasteiger partial charge in [0, 0.05) is 12.1 Å². The number of guanidine groups is 1. The van der Waals surface area contributed by atoms with Gasteiger partial charge in [0.25, 0.3) is 0 Å². The fourth-order valence-corrected chi connectivity index (χ4v) is 2.65. The third-order valence-corrected chi connectivity index (χ3v) is 3.80. The number of rotatable bonds is 5. The predicted molar refractivity (Wildman–Crippen MR) is 101 cm³/mol. The van der Waals surface area contributed by atoms with Crippen LogP contribution in [0, 0.1) is 5.41 Å². The van der Waals surface area contributed by atoms with Crippen molar-refractivity contribution >= 4 is 17.5 Å². The molecule has 2 aromatic carbocycles. The number of methoxy groups -OCH3 is 1. The van der Waals surface area contributed by atoms with Crippen LogP contribution < -0.4 is 15.4 Å². The zero-order chi connectivity index (χ0) is 17.6. The molecule has 0 atom stereocenters. The molecule has 3 N–H and O–H groups in total. The van der Waals surface area contributed by atoms with Crippen molar-refractivity contribution in [1.82, 2.24) is 4.98 Å². The summed E-state index contributed by atoms with van der Waals surface area (Å²) in [5, 5.41) is 7.92.